The Bertz CT molecular complexity index is 1200. The standard InChI is InChI=1S/C24H29N7O3/c1-5-34-23(33)19-15-25-24(31-17(3)14-16(2)28-31)27-21(19)26-20-9-7-6-8-18(20)22(32)30-12-10-29(4)11-13-30/h6-9,14-15H,5,10-13H2,1-4H3,(H,25,26,27). The molecule has 3 heterocycles. The average Bonchev–Trinajstić information content (AvgIpc) is 3.17. The van der Waals surface area contributed by atoms with Crippen molar-refractivity contribution >= 4 is 23.4 Å². The number of ether oxygens (including phenoxy) is 1. The molecular weight excluding hydrogens is 434 g/mol. The molecule has 0 radical (unpaired) electrons. The number of benzene rings is 1. The first-order chi connectivity index (χ1) is 16.4. The molecule has 1 saturated heterocycles. The average molecular weight is 464 g/mol. The van der Waals surface area contributed by atoms with E-state index in [1.54, 1.807) is 23.7 Å². The van der Waals surface area contributed by atoms with E-state index in [4.69, 9.17) is 4.74 Å². The molecule has 3 aromatic rings. The fraction of sp³-hybridized carbons (Fsp3) is 0.375. The van der Waals surface area contributed by atoms with Crippen molar-refractivity contribution < 1.29 is 14.3 Å². The third-order valence-corrected chi connectivity index (χ3v) is 5.67. The molecular formula is C24H29N7O3. The van der Waals surface area contributed by atoms with Crippen LogP contribution in [-0.4, -0.2) is 81.3 Å². The first-order valence-electron chi connectivity index (χ1n) is 11.3. The highest BCUT2D eigenvalue weighted by atomic mass is 16.5. The number of nitrogens with one attached hydrogen (secondary N) is 1. The van der Waals surface area contributed by atoms with Gasteiger partial charge in [-0.25, -0.2) is 14.5 Å². The van der Waals surface area contributed by atoms with E-state index in [-0.39, 0.29) is 23.9 Å². The summed E-state index contributed by atoms with van der Waals surface area (Å²) in [5.41, 5.74) is 2.92. The van der Waals surface area contributed by atoms with E-state index < -0.39 is 5.97 Å². The lowest BCUT2D eigenvalue weighted by Crippen LogP contribution is -2.47. The van der Waals surface area contributed by atoms with Crippen LogP contribution in [0.2, 0.25) is 0 Å². The van der Waals surface area contributed by atoms with Gasteiger partial charge in [-0.3, -0.25) is 4.79 Å². The number of esters is 1. The van der Waals surface area contributed by atoms with E-state index in [1.165, 1.54) is 6.20 Å². The van der Waals surface area contributed by atoms with Crippen LogP contribution in [0.5, 0.6) is 0 Å². The number of hydrogen-bond acceptors (Lipinski definition) is 8. The van der Waals surface area contributed by atoms with Gasteiger partial charge in [-0.2, -0.15) is 10.1 Å². The van der Waals surface area contributed by atoms with Crippen molar-refractivity contribution in [2.24, 2.45) is 0 Å². The van der Waals surface area contributed by atoms with Crippen LogP contribution in [0.4, 0.5) is 11.5 Å². The molecule has 1 aliphatic heterocycles. The zero-order valence-corrected chi connectivity index (χ0v) is 19.9. The molecule has 10 heteroatoms. The van der Waals surface area contributed by atoms with Gasteiger partial charge in [0.15, 0.2) is 5.82 Å². The monoisotopic (exact) mass is 463 g/mol. The summed E-state index contributed by atoms with van der Waals surface area (Å²) in [6.07, 6.45) is 1.42. The molecule has 1 aliphatic rings. The highest BCUT2D eigenvalue weighted by molar-refractivity contribution is 6.01. The summed E-state index contributed by atoms with van der Waals surface area (Å²) in [5.74, 6) is -0.0619. The van der Waals surface area contributed by atoms with Gasteiger partial charge < -0.3 is 19.9 Å². The third kappa shape index (κ3) is 4.91. The zero-order chi connectivity index (χ0) is 24.2. The summed E-state index contributed by atoms with van der Waals surface area (Å²) >= 11 is 0. The molecule has 2 aromatic heterocycles. The van der Waals surface area contributed by atoms with Gasteiger partial charge in [0.05, 0.1) is 23.6 Å². The second kappa shape index (κ2) is 10.0. The quantitative estimate of drug-likeness (QED) is 0.556. The van der Waals surface area contributed by atoms with Crippen molar-refractivity contribution in [3.63, 3.8) is 0 Å². The van der Waals surface area contributed by atoms with E-state index in [9.17, 15) is 9.59 Å². The predicted octanol–water partition coefficient (Wildman–Crippen LogP) is 2.59. The molecule has 0 atom stereocenters. The molecule has 1 fully saturated rings. The van der Waals surface area contributed by atoms with Crippen LogP contribution in [-0.2, 0) is 4.74 Å². The minimum Gasteiger partial charge on any atom is -0.462 e. The van der Waals surface area contributed by atoms with Gasteiger partial charge >= 0.3 is 5.97 Å². The van der Waals surface area contributed by atoms with Gasteiger partial charge in [0.25, 0.3) is 11.9 Å². The van der Waals surface area contributed by atoms with Gasteiger partial charge in [0, 0.05) is 38.1 Å². The second-order valence-electron chi connectivity index (χ2n) is 8.26. The molecule has 1 aromatic carbocycles. The lowest BCUT2D eigenvalue weighted by Gasteiger charge is -2.32. The smallest absolute Gasteiger partial charge is 0.343 e. The van der Waals surface area contributed by atoms with Crippen molar-refractivity contribution in [2.75, 3.05) is 45.2 Å². The number of aromatic nitrogens is 4. The molecule has 0 unspecified atom stereocenters. The first-order valence-corrected chi connectivity index (χ1v) is 11.3. The number of likely N-dealkylation sites (N-methyl/N-ethyl adjacent to an activating group) is 1. The molecule has 0 bridgehead atoms. The third-order valence-electron chi connectivity index (χ3n) is 5.67. The number of carbonyl (C=O) groups is 2. The fourth-order valence-corrected chi connectivity index (χ4v) is 3.85. The van der Waals surface area contributed by atoms with Crippen molar-refractivity contribution in [2.45, 2.75) is 20.8 Å². The summed E-state index contributed by atoms with van der Waals surface area (Å²) in [5, 5.41) is 7.63. The van der Waals surface area contributed by atoms with Gasteiger partial charge in [-0.1, -0.05) is 12.1 Å². The molecule has 1 amide bonds. The lowest BCUT2D eigenvalue weighted by atomic mass is 10.1. The number of anilines is 2. The van der Waals surface area contributed by atoms with Crippen LogP contribution >= 0.6 is 0 Å². The summed E-state index contributed by atoms with van der Waals surface area (Å²) in [6, 6.07) is 9.14. The van der Waals surface area contributed by atoms with E-state index in [0.29, 0.717) is 30.3 Å². The van der Waals surface area contributed by atoms with Crippen LogP contribution in [0.25, 0.3) is 5.95 Å². The molecule has 0 spiro atoms. The van der Waals surface area contributed by atoms with Crippen LogP contribution in [0.1, 0.15) is 39.0 Å². The van der Waals surface area contributed by atoms with Crippen molar-refractivity contribution in [1.29, 1.82) is 0 Å². The number of hydrogen-bond donors (Lipinski definition) is 1. The molecule has 4 rings (SSSR count). The Labute approximate surface area is 198 Å². The Morgan fingerprint density at radius 1 is 1.09 bits per heavy atom. The predicted molar refractivity (Wildman–Crippen MR) is 128 cm³/mol. The van der Waals surface area contributed by atoms with Gasteiger partial charge in [-0.15, -0.1) is 0 Å². The Balaban J connectivity index is 1.71. The molecule has 0 aliphatic carbocycles. The Morgan fingerprint density at radius 2 is 1.82 bits per heavy atom. The summed E-state index contributed by atoms with van der Waals surface area (Å²) < 4.78 is 6.81. The summed E-state index contributed by atoms with van der Waals surface area (Å²) in [7, 11) is 2.05. The van der Waals surface area contributed by atoms with Crippen molar-refractivity contribution in [1.82, 2.24) is 29.5 Å². The number of amides is 1. The van der Waals surface area contributed by atoms with Gasteiger partial charge in [0.2, 0.25) is 0 Å². The van der Waals surface area contributed by atoms with Crippen LogP contribution in [0.3, 0.4) is 0 Å². The first kappa shape index (κ1) is 23.4. The topological polar surface area (TPSA) is 105 Å². The number of aryl methyl sites for hydroxylation is 2. The minimum absolute atomic E-state index is 0.0679. The molecule has 34 heavy (non-hydrogen) atoms. The van der Waals surface area contributed by atoms with Gasteiger partial charge in [-0.05, 0) is 46.0 Å². The number of rotatable bonds is 6. The Kier molecular flexibility index (Phi) is 6.87. The maximum Gasteiger partial charge on any atom is 0.343 e. The molecule has 178 valence electrons. The Morgan fingerprint density at radius 3 is 2.50 bits per heavy atom. The lowest BCUT2D eigenvalue weighted by molar-refractivity contribution is 0.0526. The zero-order valence-electron chi connectivity index (χ0n) is 19.9. The van der Waals surface area contributed by atoms with Crippen molar-refractivity contribution in [3.05, 3.63) is 59.0 Å². The van der Waals surface area contributed by atoms with Crippen molar-refractivity contribution in [3.8, 4) is 5.95 Å². The Hall–Kier alpha value is -3.79. The second-order valence-corrected chi connectivity index (χ2v) is 8.26. The van der Waals surface area contributed by atoms with Crippen LogP contribution < -0.4 is 5.32 Å². The highest BCUT2D eigenvalue weighted by Crippen LogP contribution is 2.25. The molecule has 10 nitrogen and oxygen atoms in total. The normalized spacial score (nSPS) is 14.2. The summed E-state index contributed by atoms with van der Waals surface area (Å²) in [6.45, 7) is 8.71. The van der Waals surface area contributed by atoms with E-state index in [0.717, 1.165) is 24.5 Å². The van der Waals surface area contributed by atoms with E-state index >= 15 is 0 Å². The highest BCUT2D eigenvalue weighted by Gasteiger charge is 2.24. The fourth-order valence-electron chi connectivity index (χ4n) is 3.85. The molecule has 0 saturated carbocycles. The van der Waals surface area contributed by atoms with E-state index in [2.05, 4.69) is 25.3 Å². The maximum atomic E-state index is 13.3. The number of carbonyl (C=O) groups excluding carboxylic acids is 2. The van der Waals surface area contributed by atoms with Crippen LogP contribution in [0, 0.1) is 13.8 Å². The van der Waals surface area contributed by atoms with Crippen LogP contribution in [0.15, 0.2) is 36.5 Å². The largest absolute Gasteiger partial charge is 0.462 e. The number of para-hydroxylation sites is 1. The van der Waals surface area contributed by atoms with Gasteiger partial charge in [0.1, 0.15) is 5.56 Å². The number of piperazine rings is 1. The van der Waals surface area contributed by atoms with E-state index in [1.807, 2.05) is 44.0 Å². The summed E-state index contributed by atoms with van der Waals surface area (Å²) in [4.78, 5) is 38.9. The SMILES string of the molecule is CCOC(=O)c1cnc(-n2nc(C)cc2C)nc1Nc1ccccc1C(=O)N1CCN(C)CC1. The minimum atomic E-state index is -0.548. The number of nitrogens with zero attached hydrogens (tertiary/aromatic N) is 6. The maximum absolute atomic E-state index is 13.3. The molecule has 1 N–H and O–H groups in total.